The Kier molecular flexibility index (Phi) is 4.62. The molecule has 0 aliphatic carbocycles. The summed E-state index contributed by atoms with van der Waals surface area (Å²) < 4.78 is 34.3. The third-order valence-electron chi connectivity index (χ3n) is 4.44. The van der Waals surface area contributed by atoms with Crippen LogP contribution in [-0.2, 0) is 10.0 Å². The predicted octanol–water partition coefficient (Wildman–Crippen LogP) is 1.45. The summed E-state index contributed by atoms with van der Waals surface area (Å²) in [6.07, 6.45) is 2.79. The lowest BCUT2D eigenvalue weighted by Gasteiger charge is -2.26. The molecule has 0 spiro atoms. The van der Waals surface area contributed by atoms with Gasteiger partial charge in [0.2, 0.25) is 10.0 Å². The molecule has 1 fully saturated rings. The quantitative estimate of drug-likeness (QED) is 0.697. The minimum absolute atomic E-state index is 0.139. The number of piperidine rings is 1. The fraction of sp³-hybridized carbons (Fsp3) is 0.375. The SMILES string of the molecule is COc1ccc(Nc2ccc3nnnn3n2)cc1S(=O)(=O)N1CCCCC1. The van der Waals surface area contributed by atoms with Gasteiger partial charge in [0.1, 0.15) is 10.6 Å². The van der Waals surface area contributed by atoms with Crippen LogP contribution in [0.25, 0.3) is 5.65 Å². The second-order valence-corrected chi connectivity index (χ2v) is 8.11. The Morgan fingerprint density at radius 1 is 1.11 bits per heavy atom. The van der Waals surface area contributed by atoms with Crippen LogP contribution in [0.2, 0.25) is 0 Å². The summed E-state index contributed by atoms with van der Waals surface area (Å²) in [6, 6.07) is 8.36. The summed E-state index contributed by atoms with van der Waals surface area (Å²) in [7, 11) is -2.17. The third kappa shape index (κ3) is 3.43. The highest BCUT2D eigenvalue weighted by molar-refractivity contribution is 7.89. The number of anilines is 2. The van der Waals surface area contributed by atoms with E-state index in [1.165, 1.54) is 16.0 Å². The molecular formula is C16H19N7O3S. The molecule has 0 bridgehead atoms. The average molecular weight is 389 g/mol. The largest absolute Gasteiger partial charge is 0.495 e. The van der Waals surface area contributed by atoms with Crippen molar-refractivity contribution in [2.45, 2.75) is 24.2 Å². The van der Waals surface area contributed by atoms with Crippen molar-refractivity contribution in [3.8, 4) is 5.75 Å². The number of fused-ring (bicyclic) bond motifs is 1. The molecule has 0 atom stereocenters. The number of methoxy groups -OCH3 is 1. The summed E-state index contributed by atoms with van der Waals surface area (Å²) in [5.74, 6) is 0.802. The Hall–Kier alpha value is -2.79. The Morgan fingerprint density at radius 3 is 2.70 bits per heavy atom. The normalized spacial score (nSPS) is 15.7. The van der Waals surface area contributed by atoms with Crippen LogP contribution < -0.4 is 10.1 Å². The number of hydrogen-bond acceptors (Lipinski definition) is 8. The van der Waals surface area contributed by atoms with E-state index in [4.69, 9.17) is 4.74 Å². The molecule has 142 valence electrons. The number of tetrazole rings is 1. The Bertz CT molecular complexity index is 1060. The zero-order valence-electron chi connectivity index (χ0n) is 14.7. The number of ether oxygens (including phenoxy) is 1. The number of rotatable bonds is 5. The lowest BCUT2D eigenvalue weighted by molar-refractivity contribution is 0.343. The van der Waals surface area contributed by atoms with E-state index in [-0.39, 0.29) is 4.90 Å². The van der Waals surface area contributed by atoms with Gasteiger partial charge in [0, 0.05) is 18.8 Å². The minimum atomic E-state index is -3.63. The first-order valence-corrected chi connectivity index (χ1v) is 10.0. The van der Waals surface area contributed by atoms with Crippen molar-refractivity contribution in [1.82, 2.24) is 29.6 Å². The van der Waals surface area contributed by atoms with E-state index in [1.807, 2.05) is 0 Å². The predicted molar refractivity (Wildman–Crippen MR) is 97.5 cm³/mol. The molecule has 1 saturated heterocycles. The highest BCUT2D eigenvalue weighted by Gasteiger charge is 2.29. The van der Waals surface area contributed by atoms with Gasteiger partial charge in [-0.1, -0.05) is 6.42 Å². The molecule has 1 aromatic carbocycles. The molecule has 11 heteroatoms. The van der Waals surface area contributed by atoms with E-state index in [1.54, 1.807) is 30.3 Å². The van der Waals surface area contributed by atoms with E-state index < -0.39 is 10.0 Å². The van der Waals surface area contributed by atoms with Crippen LogP contribution in [0.5, 0.6) is 5.75 Å². The van der Waals surface area contributed by atoms with Gasteiger partial charge in [-0.15, -0.1) is 14.8 Å². The number of aromatic nitrogens is 5. The second kappa shape index (κ2) is 7.08. The number of hydrogen-bond donors (Lipinski definition) is 1. The first kappa shape index (κ1) is 17.6. The Balaban J connectivity index is 1.67. The smallest absolute Gasteiger partial charge is 0.246 e. The van der Waals surface area contributed by atoms with Crippen molar-refractivity contribution in [1.29, 1.82) is 0 Å². The molecule has 10 nitrogen and oxygen atoms in total. The summed E-state index contributed by atoms with van der Waals surface area (Å²) in [5, 5.41) is 18.4. The summed E-state index contributed by atoms with van der Waals surface area (Å²) in [5.41, 5.74) is 1.09. The van der Waals surface area contributed by atoms with Gasteiger partial charge in [-0.05, 0) is 53.6 Å². The second-order valence-electron chi connectivity index (χ2n) is 6.20. The molecular weight excluding hydrogens is 370 g/mol. The van der Waals surface area contributed by atoms with Gasteiger partial charge < -0.3 is 10.1 Å². The van der Waals surface area contributed by atoms with Crippen LogP contribution in [0.15, 0.2) is 35.2 Å². The Labute approximate surface area is 156 Å². The average Bonchev–Trinajstić information content (AvgIpc) is 3.16. The fourth-order valence-electron chi connectivity index (χ4n) is 3.06. The van der Waals surface area contributed by atoms with Gasteiger partial charge in [-0.25, -0.2) is 8.42 Å². The molecule has 0 saturated carbocycles. The fourth-order valence-corrected chi connectivity index (χ4v) is 4.76. The van der Waals surface area contributed by atoms with Gasteiger partial charge in [-0.2, -0.15) is 4.31 Å². The van der Waals surface area contributed by atoms with Gasteiger partial charge in [0.15, 0.2) is 11.5 Å². The van der Waals surface area contributed by atoms with Gasteiger partial charge in [-0.3, -0.25) is 0 Å². The van der Waals surface area contributed by atoms with Crippen LogP contribution in [0, 0.1) is 0 Å². The molecule has 27 heavy (non-hydrogen) atoms. The van der Waals surface area contributed by atoms with Crippen LogP contribution in [0.4, 0.5) is 11.5 Å². The van der Waals surface area contributed by atoms with Crippen molar-refractivity contribution in [3.05, 3.63) is 30.3 Å². The van der Waals surface area contributed by atoms with Gasteiger partial charge in [0.05, 0.1) is 7.11 Å². The number of sulfonamides is 1. The molecule has 4 rings (SSSR count). The van der Waals surface area contributed by atoms with Crippen molar-refractivity contribution >= 4 is 27.2 Å². The van der Waals surface area contributed by atoms with Crippen molar-refractivity contribution < 1.29 is 13.2 Å². The first-order valence-electron chi connectivity index (χ1n) is 8.58. The highest BCUT2D eigenvalue weighted by Crippen LogP contribution is 2.31. The van der Waals surface area contributed by atoms with Crippen molar-refractivity contribution in [2.24, 2.45) is 0 Å². The van der Waals surface area contributed by atoms with Crippen LogP contribution in [0.3, 0.4) is 0 Å². The molecule has 0 radical (unpaired) electrons. The topological polar surface area (TPSA) is 115 Å². The monoisotopic (exact) mass is 389 g/mol. The molecule has 1 N–H and O–H groups in total. The summed E-state index contributed by atoms with van der Waals surface area (Å²) in [6.45, 7) is 1.06. The van der Waals surface area contributed by atoms with E-state index in [2.05, 4.69) is 25.9 Å². The van der Waals surface area contributed by atoms with Crippen molar-refractivity contribution in [2.75, 3.05) is 25.5 Å². The zero-order chi connectivity index (χ0) is 18.9. The summed E-state index contributed by atoms with van der Waals surface area (Å²) >= 11 is 0. The number of benzene rings is 1. The number of nitrogens with one attached hydrogen (secondary N) is 1. The standard InChI is InChI=1S/C16H19N7O3S/c1-26-13-6-5-12(17-15-7-8-16-18-20-21-23(16)19-15)11-14(13)27(24,25)22-9-3-2-4-10-22/h5-8,11H,2-4,9-10H2,1H3,(H,17,19). The maximum absolute atomic E-state index is 13.1. The zero-order valence-corrected chi connectivity index (χ0v) is 15.6. The van der Waals surface area contributed by atoms with E-state index >= 15 is 0 Å². The minimum Gasteiger partial charge on any atom is -0.495 e. The van der Waals surface area contributed by atoms with Crippen LogP contribution >= 0.6 is 0 Å². The third-order valence-corrected chi connectivity index (χ3v) is 6.36. The molecule has 1 aliphatic heterocycles. The maximum atomic E-state index is 13.1. The Morgan fingerprint density at radius 2 is 1.93 bits per heavy atom. The lowest BCUT2D eigenvalue weighted by atomic mass is 10.2. The molecule has 1 aliphatic rings. The first-order chi connectivity index (χ1) is 13.1. The number of nitrogens with zero attached hydrogens (tertiary/aromatic N) is 6. The molecule has 3 aromatic rings. The van der Waals surface area contributed by atoms with E-state index in [0.717, 1.165) is 19.3 Å². The van der Waals surface area contributed by atoms with Gasteiger partial charge >= 0.3 is 0 Å². The van der Waals surface area contributed by atoms with Crippen LogP contribution in [0.1, 0.15) is 19.3 Å². The van der Waals surface area contributed by atoms with E-state index in [9.17, 15) is 8.42 Å². The van der Waals surface area contributed by atoms with Crippen LogP contribution in [-0.4, -0.2) is 58.2 Å². The summed E-state index contributed by atoms with van der Waals surface area (Å²) in [4.78, 5) is 0.139. The maximum Gasteiger partial charge on any atom is 0.246 e. The molecule has 0 amide bonds. The lowest BCUT2D eigenvalue weighted by Crippen LogP contribution is -2.35. The van der Waals surface area contributed by atoms with Gasteiger partial charge in [0.25, 0.3) is 0 Å². The van der Waals surface area contributed by atoms with E-state index in [0.29, 0.717) is 36.0 Å². The molecule has 0 unspecified atom stereocenters. The van der Waals surface area contributed by atoms with Crippen molar-refractivity contribution in [3.63, 3.8) is 0 Å². The molecule has 2 aromatic heterocycles. The molecule has 3 heterocycles. The highest BCUT2D eigenvalue weighted by atomic mass is 32.2.